The van der Waals surface area contributed by atoms with Crippen molar-refractivity contribution < 1.29 is 19.1 Å². The predicted octanol–water partition coefficient (Wildman–Crippen LogP) is 4.67. The van der Waals surface area contributed by atoms with E-state index in [1.54, 1.807) is 31.2 Å². The third-order valence-corrected chi connectivity index (χ3v) is 4.28. The lowest BCUT2D eigenvalue weighted by Crippen LogP contribution is -2.30. The number of rotatable bonds is 8. The molecule has 0 spiro atoms. The number of amides is 1. The highest BCUT2D eigenvalue weighted by Gasteiger charge is 2.15. The van der Waals surface area contributed by atoms with Crippen molar-refractivity contribution in [3.8, 4) is 5.75 Å². The fourth-order valence-electron chi connectivity index (χ4n) is 2.37. The molecule has 5 nitrogen and oxygen atoms in total. The van der Waals surface area contributed by atoms with Crippen molar-refractivity contribution >= 4 is 17.6 Å². The van der Waals surface area contributed by atoms with E-state index in [4.69, 9.17) is 9.47 Å². The van der Waals surface area contributed by atoms with Crippen LogP contribution in [0.5, 0.6) is 5.75 Å². The van der Waals surface area contributed by atoms with Gasteiger partial charge in [-0.25, -0.2) is 4.79 Å². The van der Waals surface area contributed by atoms with E-state index in [9.17, 15) is 9.59 Å². The molecular formula is C22H27NO4. The summed E-state index contributed by atoms with van der Waals surface area (Å²) in [5.41, 5.74) is 3.35. The molecule has 0 heterocycles. The summed E-state index contributed by atoms with van der Waals surface area (Å²) in [5, 5.41) is 2.79. The second-order valence-corrected chi connectivity index (χ2v) is 6.56. The molecule has 0 saturated heterocycles. The first-order valence-corrected chi connectivity index (χ1v) is 9.22. The van der Waals surface area contributed by atoms with Gasteiger partial charge in [0, 0.05) is 5.69 Å². The van der Waals surface area contributed by atoms with Crippen molar-refractivity contribution in [1.82, 2.24) is 0 Å². The predicted molar refractivity (Wildman–Crippen MR) is 106 cm³/mol. The molecule has 1 N–H and O–H groups in total. The maximum Gasteiger partial charge on any atom is 0.338 e. The highest BCUT2D eigenvalue weighted by Crippen LogP contribution is 2.18. The van der Waals surface area contributed by atoms with Gasteiger partial charge in [0.2, 0.25) is 0 Å². The average molecular weight is 369 g/mol. The summed E-state index contributed by atoms with van der Waals surface area (Å²) in [5.74, 6) is 0.0465. The van der Waals surface area contributed by atoms with Gasteiger partial charge in [-0.1, -0.05) is 19.4 Å². The van der Waals surface area contributed by atoms with E-state index >= 15 is 0 Å². The molecule has 0 saturated carbocycles. The van der Waals surface area contributed by atoms with Crippen LogP contribution in [0, 0.1) is 13.8 Å². The smallest absolute Gasteiger partial charge is 0.338 e. The summed E-state index contributed by atoms with van der Waals surface area (Å²) in [6.45, 7) is 8.18. The molecule has 0 aliphatic carbocycles. The number of hydrogen-bond acceptors (Lipinski definition) is 4. The molecule has 0 bridgehead atoms. The zero-order valence-electron chi connectivity index (χ0n) is 16.4. The second kappa shape index (κ2) is 9.76. The average Bonchev–Trinajstić information content (AvgIpc) is 2.65. The second-order valence-electron chi connectivity index (χ2n) is 6.56. The van der Waals surface area contributed by atoms with Crippen LogP contribution in [0.1, 0.15) is 48.2 Å². The lowest BCUT2D eigenvalue weighted by molar-refractivity contribution is -0.122. The van der Waals surface area contributed by atoms with E-state index < -0.39 is 6.10 Å². The topological polar surface area (TPSA) is 64.6 Å². The Kier molecular flexibility index (Phi) is 7.41. The van der Waals surface area contributed by atoms with Crippen LogP contribution in [-0.4, -0.2) is 24.6 Å². The molecular weight excluding hydrogens is 342 g/mol. The Bertz CT molecular complexity index is 783. The molecule has 0 fully saturated rings. The van der Waals surface area contributed by atoms with Gasteiger partial charge in [-0.15, -0.1) is 0 Å². The van der Waals surface area contributed by atoms with Crippen molar-refractivity contribution in [2.24, 2.45) is 0 Å². The van der Waals surface area contributed by atoms with Gasteiger partial charge < -0.3 is 14.8 Å². The van der Waals surface area contributed by atoms with Crippen molar-refractivity contribution in [2.75, 3.05) is 11.9 Å². The summed E-state index contributed by atoms with van der Waals surface area (Å²) < 4.78 is 10.9. The third-order valence-electron chi connectivity index (χ3n) is 4.28. The lowest BCUT2D eigenvalue weighted by atomic mass is 10.1. The summed E-state index contributed by atoms with van der Waals surface area (Å²) >= 11 is 0. The van der Waals surface area contributed by atoms with Gasteiger partial charge in [0.05, 0.1) is 12.2 Å². The molecule has 2 aromatic rings. The maximum absolute atomic E-state index is 12.3. The van der Waals surface area contributed by atoms with Crippen molar-refractivity contribution in [1.29, 1.82) is 0 Å². The summed E-state index contributed by atoms with van der Waals surface area (Å²) in [6.07, 6.45) is 1.17. The first-order chi connectivity index (χ1) is 12.9. The molecule has 1 unspecified atom stereocenters. The number of ether oxygens (including phenoxy) is 2. The highest BCUT2D eigenvalue weighted by atomic mass is 16.5. The largest absolute Gasteiger partial charge is 0.481 e. The molecule has 2 rings (SSSR count). The van der Waals surface area contributed by atoms with Gasteiger partial charge in [0.15, 0.2) is 6.10 Å². The Morgan fingerprint density at radius 3 is 2.37 bits per heavy atom. The fourth-order valence-corrected chi connectivity index (χ4v) is 2.37. The van der Waals surface area contributed by atoms with Crippen LogP contribution in [0.4, 0.5) is 5.69 Å². The minimum Gasteiger partial charge on any atom is -0.481 e. The van der Waals surface area contributed by atoms with E-state index in [0.29, 0.717) is 23.6 Å². The standard InChI is InChI=1S/C22H27NO4/c1-5-6-13-26-22(25)18-8-10-19(11-9-18)23-21(24)17(4)27-20-12-7-15(2)16(3)14-20/h7-12,14,17H,5-6,13H2,1-4H3,(H,23,24). The van der Waals surface area contributed by atoms with E-state index in [0.717, 1.165) is 18.4 Å². The minimum absolute atomic E-state index is 0.258. The van der Waals surface area contributed by atoms with Crippen LogP contribution in [0.15, 0.2) is 42.5 Å². The lowest BCUT2D eigenvalue weighted by Gasteiger charge is -2.15. The van der Waals surface area contributed by atoms with Gasteiger partial charge in [-0.3, -0.25) is 4.79 Å². The first-order valence-electron chi connectivity index (χ1n) is 9.22. The van der Waals surface area contributed by atoms with E-state index in [-0.39, 0.29) is 11.9 Å². The summed E-state index contributed by atoms with van der Waals surface area (Å²) in [7, 11) is 0. The van der Waals surface area contributed by atoms with Gasteiger partial charge in [-0.2, -0.15) is 0 Å². The van der Waals surface area contributed by atoms with Crippen LogP contribution in [0.3, 0.4) is 0 Å². The van der Waals surface area contributed by atoms with Crippen molar-refractivity contribution in [3.05, 3.63) is 59.2 Å². The van der Waals surface area contributed by atoms with Crippen molar-refractivity contribution in [3.63, 3.8) is 0 Å². The number of carbonyl (C=O) groups is 2. The molecule has 0 aliphatic rings. The first kappa shape index (κ1) is 20.5. The zero-order valence-corrected chi connectivity index (χ0v) is 16.4. The minimum atomic E-state index is -0.647. The van der Waals surface area contributed by atoms with E-state index in [1.807, 2.05) is 39.0 Å². The quantitative estimate of drug-likeness (QED) is 0.543. The van der Waals surface area contributed by atoms with Crippen LogP contribution >= 0.6 is 0 Å². The maximum atomic E-state index is 12.3. The number of esters is 1. The Morgan fingerprint density at radius 1 is 1.04 bits per heavy atom. The number of anilines is 1. The van der Waals surface area contributed by atoms with Crippen LogP contribution < -0.4 is 10.1 Å². The van der Waals surface area contributed by atoms with Gasteiger partial charge in [0.1, 0.15) is 5.75 Å². The molecule has 27 heavy (non-hydrogen) atoms. The van der Waals surface area contributed by atoms with E-state index in [1.165, 1.54) is 5.56 Å². The van der Waals surface area contributed by atoms with Gasteiger partial charge in [0.25, 0.3) is 5.91 Å². The highest BCUT2D eigenvalue weighted by molar-refractivity contribution is 5.95. The Hall–Kier alpha value is -2.82. The Morgan fingerprint density at radius 2 is 1.74 bits per heavy atom. The number of benzene rings is 2. The molecule has 1 amide bonds. The zero-order chi connectivity index (χ0) is 19.8. The molecule has 5 heteroatoms. The number of nitrogens with one attached hydrogen (secondary N) is 1. The number of unbranched alkanes of at least 4 members (excludes halogenated alkanes) is 1. The normalized spacial score (nSPS) is 11.6. The van der Waals surface area contributed by atoms with Crippen molar-refractivity contribution in [2.45, 2.75) is 46.6 Å². The monoisotopic (exact) mass is 369 g/mol. The molecule has 0 aromatic heterocycles. The number of carbonyl (C=O) groups excluding carboxylic acids is 2. The summed E-state index contributed by atoms with van der Waals surface area (Å²) in [4.78, 5) is 24.2. The molecule has 2 aromatic carbocycles. The number of aryl methyl sites for hydroxylation is 2. The molecule has 1 atom stereocenters. The van der Waals surface area contributed by atoms with Crippen LogP contribution in [0.25, 0.3) is 0 Å². The fraction of sp³-hybridized carbons (Fsp3) is 0.364. The molecule has 0 aliphatic heterocycles. The van der Waals surface area contributed by atoms with E-state index in [2.05, 4.69) is 5.32 Å². The van der Waals surface area contributed by atoms with Crippen LogP contribution in [0.2, 0.25) is 0 Å². The molecule has 0 radical (unpaired) electrons. The Labute approximate surface area is 160 Å². The molecule has 144 valence electrons. The SMILES string of the molecule is CCCCOC(=O)c1ccc(NC(=O)C(C)Oc2ccc(C)c(C)c2)cc1. The van der Waals surface area contributed by atoms with Gasteiger partial charge in [-0.05, 0) is 74.7 Å². The van der Waals surface area contributed by atoms with Crippen LogP contribution in [-0.2, 0) is 9.53 Å². The third kappa shape index (κ3) is 6.13. The number of hydrogen-bond donors (Lipinski definition) is 1. The summed E-state index contributed by atoms with van der Waals surface area (Å²) in [6, 6.07) is 12.4. The Balaban J connectivity index is 1.90. The van der Waals surface area contributed by atoms with Gasteiger partial charge >= 0.3 is 5.97 Å².